The summed E-state index contributed by atoms with van der Waals surface area (Å²) < 4.78 is 13.5. The fourth-order valence-corrected chi connectivity index (χ4v) is 1.56. The Kier molecular flexibility index (Phi) is 2.17. The molecule has 0 aliphatic rings. The van der Waals surface area contributed by atoms with Gasteiger partial charge in [0.1, 0.15) is 5.82 Å². The SMILES string of the molecule is CC(N)c1nccc2cccc(F)c12. The van der Waals surface area contributed by atoms with Crippen LogP contribution < -0.4 is 5.73 Å². The molecule has 0 spiro atoms. The third-order valence-electron chi connectivity index (χ3n) is 2.20. The van der Waals surface area contributed by atoms with E-state index in [1.165, 1.54) is 6.07 Å². The van der Waals surface area contributed by atoms with Gasteiger partial charge in [-0.2, -0.15) is 0 Å². The Morgan fingerprint density at radius 1 is 1.36 bits per heavy atom. The lowest BCUT2D eigenvalue weighted by Crippen LogP contribution is -2.08. The van der Waals surface area contributed by atoms with E-state index in [1.54, 1.807) is 25.3 Å². The van der Waals surface area contributed by atoms with Crippen LogP contribution in [0.2, 0.25) is 0 Å². The Balaban J connectivity index is 2.84. The van der Waals surface area contributed by atoms with E-state index in [2.05, 4.69) is 4.98 Å². The van der Waals surface area contributed by atoms with Gasteiger partial charge in [-0.25, -0.2) is 4.39 Å². The molecule has 14 heavy (non-hydrogen) atoms. The summed E-state index contributed by atoms with van der Waals surface area (Å²) in [5.74, 6) is -0.261. The third-order valence-corrected chi connectivity index (χ3v) is 2.20. The summed E-state index contributed by atoms with van der Waals surface area (Å²) in [6, 6.07) is 6.49. The molecule has 1 unspecified atom stereocenters. The monoisotopic (exact) mass is 190 g/mol. The van der Waals surface area contributed by atoms with Gasteiger partial charge < -0.3 is 5.73 Å². The second kappa shape index (κ2) is 3.35. The number of hydrogen-bond donors (Lipinski definition) is 1. The lowest BCUT2D eigenvalue weighted by Gasteiger charge is -2.08. The molecule has 0 aliphatic carbocycles. The van der Waals surface area contributed by atoms with Crippen molar-refractivity contribution in [1.82, 2.24) is 4.98 Å². The highest BCUT2D eigenvalue weighted by molar-refractivity contribution is 5.85. The summed E-state index contributed by atoms with van der Waals surface area (Å²) >= 11 is 0. The van der Waals surface area contributed by atoms with E-state index in [9.17, 15) is 4.39 Å². The highest BCUT2D eigenvalue weighted by Gasteiger charge is 2.09. The fraction of sp³-hybridized carbons (Fsp3) is 0.182. The van der Waals surface area contributed by atoms with Crippen LogP contribution in [-0.4, -0.2) is 4.98 Å². The molecule has 2 N–H and O–H groups in total. The van der Waals surface area contributed by atoms with E-state index in [1.807, 2.05) is 6.07 Å². The maximum Gasteiger partial charge on any atom is 0.132 e. The molecule has 0 amide bonds. The summed E-state index contributed by atoms with van der Waals surface area (Å²) in [5.41, 5.74) is 6.33. The summed E-state index contributed by atoms with van der Waals surface area (Å²) in [7, 11) is 0. The van der Waals surface area contributed by atoms with Crippen LogP contribution in [0.3, 0.4) is 0 Å². The molecular weight excluding hydrogens is 179 g/mol. The zero-order chi connectivity index (χ0) is 10.1. The van der Waals surface area contributed by atoms with Crippen LogP contribution in [0.4, 0.5) is 4.39 Å². The normalized spacial score (nSPS) is 13.1. The van der Waals surface area contributed by atoms with E-state index in [0.29, 0.717) is 11.1 Å². The lowest BCUT2D eigenvalue weighted by molar-refractivity contribution is 0.635. The van der Waals surface area contributed by atoms with Gasteiger partial charge in [0.05, 0.1) is 5.69 Å². The first-order valence-electron chi connectivity index (χ1n) is 4.49. The Labute approximate surface area is 81.6 Å². The number of nitrogens with two attached hydrogens (primary N) is 1. The molecule has 0 fully saturated rings. The Bertz CT molecular complexity index is 461. The molecule has 3 heteroatoms. The number of aromatic nitrogens is 1. The second-order valence-corrected chi connectivity index (χ2v) is 3.32. The van der Waals surface area contributed by atoms with Crippen LogP contribution in [0.1, 0.15) is 18.7 Å². The van der Waals surface area contributed by atoms with Gasteiger partial charge in [0.2, 0.25) is 0 Å². The molecule has 1 aromatic heterocycles. The van der Waals surface area contributed by atoms with Crippen molar-refractivity contribution in [3.8, 4) is 0 Å². The summed E-state index contributed by atoms with van der Waals surface area (Å²) in [6.07, 6.45) is 1.65. The molecule has 1 heterocycles. The average Bonchev–Trinajstić information content (AvgIpc) is 2.17. The number of nitrogens with zero attached hydrogens (tertiary/aromatic N) is 1. The first-order chi connectivity index (χ1) is 6.70. The van der Waals surface area contributed by atoms with Crippen molar-refractivity contribution in [2.24, 2.45) is 5.73 Å². The van der Waals surface area contributed by atoms with E-state index < -0.39 is 0 Å². The van der Waals surface area contributed by atoms with Crippen LogP contribution in [0.15, 0.2) is 30.5 Å². The van der Waals surface area contributed by atoms with Gasteiger partial charge in [-0.1, -0.05) is 12.1 Å². The molecule has 1 atom stereocenters. The first kappa shape index (κ1) is 9.09. The number of halogens is 1. The minimum absolute atomic E-state index is 0.254. The predicted octanol–water partition coefficient (Wildman–Crippen LogP) is 2.39. The maximum atomic E-state index is 13.5. The van der Waals surface area contributed by atoms with Gasteiger partial charge in [0.15, 0.2) is 0 Å². The molecule has 0 aliphatic heterocycles. The summed E-state index contributed by atoms with van der Waals surface area (Å²) in [6.45, 7) is 1.80. The van der Waals surface area contributed by atoms with Gasteiger partial charge in [-0.05, 0) is 24.4 Å². The van der Waals surface area contributed by atoms with Gasteiger partial charge in [-0.3, -0.25) is 4.98 Å². The van der Waals surface area contributed by atoms with Crippen LogP contribution in [0, 0.1) is 5.82 Å². The Hall–Kier alpha value is -1.48. The minimum atomic E-state index is -0.261. The van der Waals surface area contributed by atoms with E-state index in [0.717, 1.165) is 5.39 Å². The van der Waals surface area contributed by atoms with Crippen molar-refractivity contribution in [3.05, 3.63) is 42.0 Å². The second-order valence-electron chi connectivity index (χ2n) is 3.32. The maximum absolute atomic E-state index is 13.5. The molecule has 2 nitrogen and oxygen atoms in total. The van der Waals surface area contributed by atoms with Crippen molar-refractivity contribution in [2.45, 2.75) is 13.0 Å². The number of fused-ring (bicyclic) bond motifs is 1. The van der Waals surface area contributed by atoms with Crippen LogP contribution >= 0.6 is 0 Å². The Morgan fingerprint density at radius 3 is 2.86 bits per heavy atom. The topological polar surface area (TPSA) is 38.9 Å². The summed E-state index contributed by atoms with van der Waals surface area (Å²) in [5, 5.41) is 1.37. The predicted molar refractivity (Wildman–Crippen MR) is 54.3 cm³/mol. The lowest BCUT2D eigenvalue weighted by atomic mass is 10.1. The molecule has 0 saturated carbocycles. The van der Waals surface area contributed by atoms with Crippen molar-refractivity contribution < 1.29 is 4.39 Å². The molecule has 2 aromatic rings. The molecule has 72 valence electrons. The van der Waals surface area contributed by atoms with Crippen LogP contribution in [-0.2, 0) is 0 Å². The van der Waals surface area contributed by atoms with Crippen LogP contribution in [0.5, 0.6) is 0 Å². The number of pyridine rings is 1. The highest BCUT2D eigenvalue weighted by atomic mass is 19.1. The minimum Gasteiger partial charge on any atom is -0.323 e. The average molecular weight is 190 g/mol. The van der Waals surface area contributed by atoms with Gasteiger partial charge in [0, 0.05) is 17.6 Å². The van der Waals surface area contributed by atoms with E-state index in [-0.39, 0.29) is 11.9 Å². The molecule has 0 radical (unpaired) electrons. The highest BCUT2D eigenvalue weighted by Crippen LogP contribution is 2.23. The third kappa shape index (κ3) is 1.36. The number of hydrogen-bond acceptors (Lipinski definition) is 2. The molecule has 0 bridgehead atoms. The Morgan fingerprint density at radius 2 is 2.14 bits per heavy atom. The smallest absolute Gasteiger partial charge is 0.132 e. The molecule has 1 aromatic carbocycles. The van der Waals surface area contributed by atoms with E-state index >= 15 is 0 Å². The first-order valence-corrected chi connectivity index (χ1v) is 4.49. The quantitative estimate of drug-likeness (QED) is 0.749. The van der Waals surface area contributed by atoms with E-state index in [4.69, 9.17) is 5.73 Å². The van der Waals surface area contributed by atoms with Crippen molar-refractivity contribution in [2.75, 3.05) is 0 Å². The zero-order valence-corrected chi connectivity index (χ0v) is 7.87. The van der Waals surface area contributed by atoms with Crippen molar-refractivity contribution in [1.29, 1.82) is 0 Å². The van der Waals surface area contributed by atoms with Crippen molar-refractivity contribution >= 4 is 10.8 Å². The van der Waals surface area contributed by atoms with Gasteiger partial charge >= 0.3 is 0 Å². The fourth-order valence-electron chi connectivity index (χ4n) is 1.56. The molecular formula is C11H11FN2. The summed E-state index contributed by atoms with van der Waals surface area (Å²) in [4.78, 5) is 4.10. The van der Waals surface area contributed by atoms with Gasteiger partial charge in [0.25, 0.3) is 0 Å². The van der Waals surface area contributed by atoms with Crippen molar-refractivity contribution in [3.63, 3.8) is 0 Å². The largest absolute Gasteiger partial charge is 0.323 e. The standard InChI is InChI=1S/C11H11FN2/c1-7(13)11-10-8(5-6-14-11)3-2-4-9(10)12/h2-7H,13H2,1H3. The van der Waals surface area contributed by atoms with Gasteiger partial charge in [-0.15, -0.1) is 0 Å². The number of rotatable bonds is 1. The van der Waals surface area contributed by atoms with Crippen LogP contribution in [0.25, 0.3) is 10.8 Å². The molecule has 0 saturated heterocycles. The zero-order valence-electron chi connectivity index (χ0n) is 7.87. The number of benzene rings is 1. The molecule has 2 rings (SSSR count).